The second kappa shape index (κ2) is 21.3. The van der Waals surface area contributed by atoms with E-state index in [2.05, 4.69) is 13.8 Å². The molecule has 164 valence electrons. The van der Waals surface area contributed by atoms with Crippen molar-refractivity contribution in [1.82, 2.24) is 0 Å². The lowest BCUT2D eigenvalue weighted by atomic mass is 9.99. The molecule has 0 spiro atoms. The van der Waals surface area contributed by atoms with Gasteiger partial charge in [-0.25, -0.2) is 0 Å². The van der Waals surface area contributed by atoms with Gasteiger partial charge < -0.3 is 17.1 Å². The summed E-state index contributed by atoms with van der Waals surface area (Å²) >= 11 is 0. The average Bonchev–Trinajstić information content (AvgIpc) is 3.16. The molecule has 0 saturated carbocycles. The topological polar surface area (TPSA) is 9.23 Å². The minimum atomic E-state index is 0. The fourth-order valence-corrected chi connectivity index (χ4v) is 6.15. The van der Waals surface area contributed by atoms with Gasteiger partial charge in [-0.05, 0) is 36.1 Å². The normalized spacial score (nSPS) is 15.8. The van der Waals surface area contributed by atoms with Crippen molar-refractivity contribution in [2.24, 2.45) is 5.92 Å². The lowest BCUT2D eigenvalue weighted by Gasteiger charge is -2.11. The van der Waals surface area contributed by atoms with Crippen LogP contribution in [0.5, 0.6) is 0 Å². The Kier molecular flexibility index (Phi) is 21.8. The van der Waals surface area contributed by atoms with Crippen molar-refractivity contribution >= 4 is 10.9 Å². The van der Waals surface area contributed by atoms with Crippen molar-refractivity contribution in [3.05, 3.63) is 0 Å². The van der Waals surface area contributed by atoms with E-state index >= 15 is 0 Å². The van der Waals surface area contributed by atoms with Gasteiger partial charge in [-0.3, -0.25) is 0 Å². The Bertz CT molecular complexity index is 282. The molecule has 0 aromatic rings. The van der Waals surface area contributed by atoms with Crippen molar-refractivity contribution in [3.63, 3.8) is 0 Å². The largest absolute Gasteiger partial charge is 1.00 e. The number of rotatable bonds is 19. The highest BCUT2D eigenvalue weighted by atomic mass is 35.5. The van der Waals surface area contributed by atoms with Crippen LogP contribution in [-0.2, 0) is 15.6 Å². The summed E-state index contributed by atoms with van der Waals surface area (Å²) in [5.74, 6) is 5.16. The molecule has 1 saturated heterocycles. The van der Waals surface area contributed by atoms with Gasteiger partial charge in [-0.2, -0.15) is 0 Å². The summed E-state index contributed by atoms with van der Waals surface area (Å²) in [6.07, 6.45) is 23.1. The first kappa shape index (κ1) is 27.6. The molecule has 1 fully saturated rings. The smallest absolute Gasteiger partial charge is 0.131 e. The zero-order chi connectivity index (χ0) is 18.7. The summed E-state index contributed by atoms with van der Waals surface area (Å²) < 4.78 is 5.89. The van der Waals surface area contributed by atoms with E-state index in [0.29, 0.717) is 0 Å². The second-order valence-corrected chi connectivity index (χ2v) is 11.1. The van der Waals surface area contributed by atoms with Gasteiger partial charge in [-0.15, -0.1) is 0 Å². The standard InChI is InChI=1S/C24H49OS.ClH/c1-3-4-5-6-7-8-9-10-11-12-13-14-17-24(2)18-19-25-20-23-26-21-15-16-22-26;/h24H,3-23H2,1-2H3;1H/q+1;/p-1. The molecule has 1 aliphatic rings. The van der Waals surface area contributed by atoms with Crippen LogP contribution in [0.4, 0.5) is 0 Å². The molecule has 1 rings (SSSR count). The summed E-state index contributed by atoms with van der Waals surface area (Å²) in [4.78, 5) is 0. The minimum absolute atomic E-state index is 0. The summed E-state index contributed by atoms with van der Waals surface area (Å²) in [6, 6.07) is 0. The van der Waals surface area contributed by atoms with Crippen molar-refractivity contribution in [2.75, 3.05) is 30.5 Å². The maximum Gasteiger partial charge on any atom is 0.131 e. The maximum absolute atomic E-state index is 5.89. The first-order valence-corrected chi connectivity index (χ1v) is 13.8. The van der Waals surface area contributed by atoms with E-state index in [0.717, 1.165) is 30.0 Å². The molecule has 0 aliphatic carbocycles. The number of hydrogen-bond donors (Lipinski definition) is 0. The zero-order valence-corrected chi connectivity index (χ0v) is 20.2. The summed E-state index contributed by atoms with van der Waals surface area (Å²) in [5.41, 5.74) is 0. The first-order valence-electron chi connectivity index (χ1n) is 12.0. The van der Waals surface area contributed by atoms with E-state index in [9.17, 15) is 0 Å². The van der Waals surface area contributed by atoms with Crippen molar-refractivity contribution in [3.8, 4) is 0 Å². The second-order valence-electron chi connectivity index (χ2n) is 8.62. The molecule has 1 unspecified atom stereocenters. The van der Waals surface area contributed by atoms with E-state index in [-0.39, 0.29) is 12.4 Å². The van der Waals surface area contributed by atoms with Gasteiger partial charge in [-0.1, -0.05) is 97.3 Å². The number of unbranched alkanes of at least 4 members (excludes halogenated alkanes) is 11. The van der Waals surface area contributed by atoms with Crippen molar-refractivity contribution in [2.45, 2.75) is 117 Å². The third-order valence-electron chi connectivity index (χ3n) is 5.94. The average molecular weight is 421 g/mol. The highest BCUT2D eigenvalue weighted by molar-refractivity contribution is 7.97. The summed E-state index contributed by atoms with van der Waals surface area (Å²) in [7, 11) is 0.720. The highest BCUT2D eigenvalue weighted by Gasteiger charge is 2.22. The van der Waals surface area contributed by atoms with Gasteiger partial charge in [0.15, 0.2) is 0 Å². The van der Waals surface area contributed by atoms with Crippen LogP contribution in [0.25, 0.3) is 0 Å². The Morgan fingerprint density at radius 3 is 1.78 bits per heavy atom. The van der Waals surface area contributed by atoms with Gasteiger partial charge in [0.05, 0.1) is 6.61 Å². The Hall–Kier alpha value is 0.600. The van der Waals surface area contributed by atoms with Gasteiger partial charge in [0.25, 0.3) is 0 Å². The Morgan fingerprint density at radius 1 is 0.704 bits per heavy atom. The molecule has 1 aliphatic heterocycles. The Labute approximate surface area is 180 Å². The van der Waals surface area contributed by atoms with Crippen LogP contribution in [0.15, 0.2) is 0 Å². The molecule has 1 heterocycles. The van der Waals surface area contributed by atoms with E-state index in [1.807, 2.05) is 0 Å². The van der Waals surface area contributed by atoms with Crippen molar-refractivity contribution in [1.29, 1.82) is 0 Å². The van der Waals surface area contributed by atoms with E-state index in [1.165, 1.54) is 120 Å². The molecule has 0 bridgehead atoms. The third-order valence-corrected chi connectivity index (χ3v) is 8.41. The van der Waals surface area contributed by atoms with Gasteiger partial charge in [0.2, 0.25) is 0 Å². The minimum Gasteiger partial charge on any atom is -1.00 e. The lowest BCUT2D eigenvalue weighted by molar-refractivity contribution is -0.00000678. The van der Waals surface area contributed by atoms with Crippen LogP contribution < -0.4 is 12.4 Å². The zero-order valence-electron chi connectivity index (χ0n) is 18.6. The summed E-state index contributed by atoms with van der Waals surface area (Å²) in [5, 5.41) is 0. The van der Waals surface area contributed by atoms with Gasteiger partial charge in [0, 0.05) is 6.61 Å². The molecular formula is C24H49ClOS. The molecule has 0 N–H and O–H groups in total. The van der Waals surface area contributed by atoms with E-state index in [1.54, 1.807) is 0 Å². The van der Waals surface area contributed by atoms with Gasteiger partial charge >= 0.3 is 0 Å². The predicted octanol–water partition coefficient (Wildman–Crippen LogP) is 4.54. The molecular weight excluding hydrogens is 372 g/mol. The van der Waals surface area contributed by atoms with Crippen molar-refractivity contribution < 1.29 is 17.1 Å². The van der Waals surface area contributed by atoms with Gasteiger partial charge in [0.1, 0.15) is 17.3 Å². The molecule has 0 aromatic carbocycles. The lowest BCUT2D eigenvalue weighted by Crippen LogP contribution is -3.00. The van der Waals surface area contributed by atoms with Crippen LogP contribution in [0.1, 0.15) is 117 Å². The highest BCUT2D eigenvalue weighted by Crippen LogP contribution is 2.16. The molecule has 1 atom stereocenters. The molecule has 0 radical (unpaired) electrons. The molecule has 27 heavy (non-hydrogen) atoms. The SMILES string of the molecule is CCCCCCCCCCCCCCC(C)CCOCC[S+]1CCCC1.[Cl-]. The molecule has 0 aromatic heterocycles. The molecule has 3 heteroatoms. The number of hydrogen-bond acceptors (Lipinski definition) is 1. The Balaban J connectivity index is 0.00000676. The predicted molar refractivity (Wildman–Crippen MR) is 121 cm³/mol. The van der Waals surface area contributed by atoms with E-state index < -0.39 is 0 Å². The Morgan fingerprint density at radius 2 is 1.22 bits per heavy atom. The van der Waals surface area contributed by atoms with Crippen LogP contribution in [0, 0.1) is 5.92 Å². The fraction of sp³-hybridized carbons (Fsp3) is 1.00. The van der Waals surface area contributed by atoms with Crippen LogP contribution in [0.2, 0.25) is 0 Å². The summed E-state index contributed by atoms with van der Waals surface area (Å²) in [6.45, 7) is 6.73. The van der Waals surface area contributed by atoms with E-state index in [4.69, 9.17) is 4.74 Å². The quantitative estimate of drug-likeness (QED) is 0.220. The number of ether oxygens (including phenoxy) is 1. The third kappa shape index (κ3) is 18.4. The maximum atomic E-state index is 5.89. The molecule has 0 amide bonds. The van der Waals surface area contributed by atoms with Crippen LogP contribution >= 0.6 is 0 Å². The fourth-order valence-electron chi connectivity index (χ4n) is 3.96. The van der Waals surface area contributed by atoms with Crippen LogP contribution in [-0.4, -0.2) is 30.5 Å². The number of halogens is 1. The molecule has 1 nitrogen and oxygen atoms in total. The first-order chi connectivity index (χ1) is 12.8. The monoisotopic (exact) mass is 420 g/mol. The van der Waals surface area contributed by atoms with Crippen LogP contribution in [0.3, 0.4) is 0 Å².